The molecule has 2 aromatic rings. The Morgan fingerprint density at radius 2 is 1.70 bits per heavy atom. The molecule has 0 bridgehead atoms. The van der Waals surface area contributed by atoms with Gasteiger partial charge >= 0.3 is 5.97 Å². The van der Waals surface area contributed by atoms with Crippen LogP contribution in [0.4, 0.5) is 0 Å². The predicted molar refractivity (Wildman–Crippen MR) is 122 cm³/mol. The maximum atomic E-state index is 13.1. The van der Waals surface area contributed by atoms with Crippen molar-refractivity contribution in [2.75, 3.05) is 7.11 Å². The summed E-state index contributed by atoms with van der Waals surface area (Å²) in [5.41, 5.74) is 0.935. The minimum Gasteiger partial charge on any atom is -0.507 e. The van der Waals surface area contributed by atoms with Crippen molar-refractivity contribution in [3.63, 3.8) is 0 Å². The van der Waals surface area contributed by atoms with Gasteiger partial charge in [0.2, 0.25) is 0 Å². The zero-order valence-corrected chi connectivity index (χ0v) is 18.5. The Hall–Kier alpha value is -4.13. The summed E-state index contributed by atoms with van der Waals surface area (Å²) in [6.45, 7) is 3.70. The number of ketones is 2. The Morgan fingerprint density at radius 1 is 1.03 bits per heavy atom. The maximum Gasteiger partial charge on any atom is 0.331 e. The highest BCUT2D eigenvalue weighted by molar-refractivity contribution is 6.27. The summed E-state index contributed by atoms with van der Waals surface area (Å²) in [6, 6.07) is 9.38. The minimum atomic E-state index is -1.07. The first-order chi connectivity index (χ1) is 15.7. The number of allylic oxidation sites excluding steroid dienone is 2. The van der Waals surface area contributed by atoms with E-state index in [-0.39, 0.29) is 23.1 Å². The largest absolute Gasteiger partial charge is 0.507 e. The molecule has 0 saturated heterocycles. The lowest BCUT2D eigenvalue weighted by atomic mass is 9.85. The van der Waals surface area contributed by atoms with Gasteiger partial charge in [0.15, 0.2) is 11.6 Å². The highest BCUT2D eigenvalue weighted by atomic mass is 16.5. The number of fused-ring (bicyclic) bond motifs is 1. The number of benzene rings is 2. The maximum absolute atomic E-state index is 13.1. The average Bonchev–Trinajstić information content (AvgIpc) is 2.79. The van der Waals surface area contributed by atoms with Gasteiger partial charge in [-0.3, -0.25) is 9.59 Å². The number of para-hydroxylation sites is 1. The van der Waals surface area contributed by atoms with Crippen molar-refractivity contribution in [1.29, 1.82) is 0 Å². The fraction of sp³-hybridized carbons (Fsp3) is 0.192. The van der Waals surface area contributed by atoms with Crippen LogP contribution in [0.15, 0.2) is 65.8 Å². The Bertz CT molecular complexity index is 1200. The first kappa shape index (κ1) is 23.5. The lowest BCUT2D eigenvalue weighted by Crippen LogP contribution is -2.28. The fourth-order valence-corrected chi connectivity index (χ4v) is 3.45. The van der Waals surface area contributed by atoms with Crippen LogP contribution in [-0.2, 0) is 9.53 Å². The number of ether oxygens (including phenoxy) is 2. The van der Waals surface area contributed by atoms with Gasteiger partial charge in [-0.25, -0.2) is 4.79 Å². The van der Waals surface area contributed by atoms with Crippen LogP contribution in [0.5, 0.6) is 17.2 Å². The number of rotatable bonds is 7. The van der Waals surface area contributed by atoms with Gasteiger partial charge in [0.25, 0.3) is 0 Å². The monoisotopic (exact) mass is 448 g/mol. The number of phenolic OH excluding ortho intramolecular Hbond substituents is 2. The third-order valence-electron chi connectivity index (χ3n) is 5.07. The molecule has 0 radical (unpaired) electrons. The number of methoxy groups -OCH3 is 1. The first-order valence-electron chi connectivity index (χ1n) is 10.2. The number of aromatic hydroxyl groups is 2. The highest BCUT2D eigenvalue weighted by Gasteiger charge is 2.35. The van der Waals surface area contributed by atoms with Crippen LogP contribution in [0.1, 0.15) is 46.5 Å². The van der Waals surface area contributed by atoms with E-state index in [2.05, 4.69) is 0 Å². The Labute approximate surface area is 191 Å². The number of esters is 1. The lowest BCUT2D eigenvalue weighted by Gasteiger charge is -2.23. The molecule has 7 heteroatoms. The second-order valence-corrected chi connectivity index (χ2v) is 7.66. The van der Waals surface area contributed by atoms with E-state index in [0.717, 1.165) is 23.8 Å². The van der Waals surface area contributed by atoms with E-state index in [9.17, 15) is 24.6 Å². The quantitative estimate of drug-likeness (QED) is 0.280. The van der Waals surface area contributed by atoms with Crippen molar-refractivity contribution in [1.82, 2.24) is 0 Å². The number of phenols is 2. The van der Waals surface area contributed by atoms with Crippen LogP contribution in [-0.4, -0.2) is 41.0 Å². The van der Waals surface area contributed by atoms with Crippen molar-refractivity contribution in [3.05, 3.63) is 82.5 Å². The molecule has 0 saturated carbocycles. The summed E-state index contributed by atoms with van der Waals surface area (Å²) in [5, 5.41) is 20.2. The van der Waals surface area contributed by atoms with E-state index in [1.807, 2.05) is 13.8 Å². The van der Waals surface area contributed by atoms with Gasteiger partial charge in [-0.15, -0.1) is 0 Å². The van der Waals surface area contributed by atoms with Gasteiger partial charge in [-0.05, 0) is 44.2 Å². The van der Waals surface area contributed by atoms with E-state index in [0.29, 0.717) is 11.3 Å². The number of Topliss-reactive ketones (excluding diaryl/α,β-unsaturated/α-hetero) is 1. The van der Waals surface area contributed by atoms with Crippen LogP contribution in [0.3, 0.4) is 0 Å². The zero-order chi connectivity index (χ0) is 24.1. The second-order valence-electron chi connectivity index (χ2n) is 7.66. The molecule has 7 nitrogen and oxygen atoms in total. The SMILES string of the molecule is COc1ccccc1/C=C/C(=O)OC(CC=C(C)C)C1=CC(=O)c2c(O)ccc(O)c2C1=O. The minimum absolute atomic E-state index is 0.0788. The van der Waals surface area contributed by atoms with Crippen LogP contribution >= 0.6 is 0 Å². The van der Waals surface area contributed by atoms with Crippen LogP contribution < -0.4 is 4.74 Å². The molecular formula is C26H24O7. The molecule has 170 valence electrons. The highest BCUT2D eigenvalue weighted by Crippen LogP contribution is 2.36. The smallest absolute Gasteiger partial charge is 0.331 e. The molecule has 0 heterocycles. The van der Waals surface area contributed by atoms with Crippen molar-refractivity contribution >= 4 is 23.6 Å². The molecule has 0 fully saturated rings. The predicted octanol–water partition coefficient (Wildman–Crippen LogP) is 4.39. The summed E-state index contributed by atoms with van der Waals surface area (Å²) < 4.78 is 10.8. The number of carbonyl (C=O) groups excluding carboxylic acids is 3. The topological polar surface area (TPSA) is 110 Å². The van der Waals surface area contributed by atoms with Crippen LogP contribution in [0.2, 0.25) is 0 Å². The van der Waals surface area contributed by atoms with Crippen molar-refractivity contribution in [2.24, 2.45) is 0 Å². The van der Waals surface area contributed by atoms with E-state index in [1.165, 1.54) is 19.3 Å². The molecule has 0 aliphatic heterocycles. The summed E-state index contributed by atoms with van der Waals surface area (Å²) in [4.78, 5) is 38.4. The molecule has 1 aliphatic carbocycles. The number of carbonyl (C=O) groups is 3. The zero-order valence-electron chi connectivity index (χ0n) is 18.5. The molecular weight excluding hydrogens is 424 g/mol. The van der Waals surface area contributed by atoms with Gasteiger partial charge in [0, 0.05) is 23.6 Å². The molecule has 2 aromatic carbocycles. The molecule has 33 heavy (non-hydrogen) atoms. The molecule has 1 unspecified atom stereocenters. The summed E-state index contributed by atoms with van der Waals surface area (Å²) in [6.07, 6.45) is 4.64. The standard InChI is InChI=1S/C26H24O7/c1-15(2)8-12-22(33-23(30)13-9-16-6-4-5-7-21(16)32-3)17-14-20(29)24-18(27)10-11-19(28)25(24)26(17)31/h4-11,13-14,22,27-28H,12H2,1-3H3/b13-9+. The third kappa shape index (κ3) is 5.20. The van der Waals surface area contributed by atoms with Crippen molar-refractivity contribution < 1.29 is 34.1 Å². The average molecular weight is 448 g/mol. The Morgan fingerprint density at radius 3 is 2.36 bits per heavy atom. The molecule has 1 atom stereocenters. The molecule has 0 spiro atoms. The van der Waals surface area contributed by atoms with Gasteiger partial charge in [-0.2, -0.15) is 0 Å². The number of hydrogen-bond donors (Lipinski definition) is 2. The molecule has 0 amide bonds. The third-order valence-corrected chi connectivity index (χ3v) is 5.07. The molecule has 3 rings (SSSR count). The van der Waals surface area contributed by atoms with Gasteiger partial charge in [0.1, 0.15) is 23.4 Å². The Balaban J connectivity index is 1.92. The van der Waals surface area contributed by atoms with Crippen molar-refractivity contribution in [2.45, 2.75) is 26.4 Å². The van der Waals surface area contributed by atoms with E-state index in [1.54, 1.807) is 30.3 Å². The first-order valence-corrected chi connectivity index (χ1v) is 10.2. The van der Waals surface area contributed by atoms with Crippen LogP contribution in [0, 0.1) is 0 Å². The summed E-state index contributed by atoms with van der Waals surface area (Å²) >= 11 is 0. The van der Waals surface area contributed by atoms with E-state index < -0.39 is 35.1 Å². The fourth-order valence-electron chi connectivity index (χ4n) is 3.45. The van der Waals surface area contributed by atoms with Gasteiger partial charge in [0.05, 0.1) is 18.2 Å². The molecule has 0 aromatic heterocycles. The van der Waals surface area contributed by atoms with E-state index >= 15 is 0 Å². The second kappa shape index (κ2) is 9.99. The van der Waals surface area contributed by atoms with Crippen molar-refractivity contribution in [3.8, 4) is 17.2 Å². The summed E-state index contributed by atoms with van der Waals surface area (Å²) in [5.74, 6) is -2.34. The van der Waals surface area contributed by atoms with Gasteiger partial charge in [-0.1, -0.05) is 29.8 Å². The summed E-state index contributed by atoms with van der Waals surface area (Å²) in [7, 11) is 1.52. The Kier molecular flexibility index (Phi) is 7.13. The molecule has 2 N–H and O–H groups in total. The lowest BCUT2D eigenvalue weighted by molar-refractivity contribution is -0.140. The van der Waals surface area contributed by atoms with Crippen LogP contribution in [0.25, 0.3) is 6.08 Å². The van der Waals surface area contributed by atoms with E-state index in [4.69, 9.17) is 9.47 Å². The number of hydrogen-bond acceptors (Lipinski definition) is 7. The molecule has 1 aliphatic rings. The van der Waals surface area contributed by atoms with Gasteiger partial charge < -0.3 is 19.7 Å². The normalized spacial score (nSPS) is 13.8.